The van der Waals surface area contributed by atoms with E-state index in [4.69, 9.17) is 0 Å². The van der Waals surface area contributed by atoms with Gasteiger partial charge >= 0.3 is 5.91 Å². The van der Waals surface area contributed by atoms with Crippen molar-refractivity contribution in [2.45, 2.75) is 39.7 Å². The van der Waals surface area contributed by atoms with E-state index in [0.717, 1.165) is 16.7 Å². The largest absolute Gasteiger partial charge is 0.507 e. The molecule has 6 nitrogen and oxygen atoms in total. The van der Waals surface area contributed by atoms with E-state index in [2.05, 4.69) is 24.0 Å². The molecule has 6 heteroatoms. The molecule has 0 saturated carbocycles. The normalized spacial score (nSPS) is 17.9. The second-order valence-corrected chi connectivity index (χ2v) is 8.39. The van der Waals surface area contributed by atoms with Crippen LogP contribution in [0.2, 0.25) is 0 Å². The molecule has 2 heterocycles. The fourth-order valence-corrected chi connectivity index (χ4v) is 3.86. The molecule has 4 rings (SSSR count). The number of ketones is 1. The van der Waals surface area contributed by atoms with Crippen LogP contribution in [0.3, 0.4) is 0 Å². The molecular formula is C26H25N3O3. The number of aliphatic hydroxyl groups is 1. The van der Waals surface area contributed by atoms with Gasteiger partial charge < -0.3 is 5.11 Å². The zero-order valence-electron chi connectivity index (χ0n) is 18.5. The monoisotopic (exact) mass is 427 g/mol. The van der Waals surface area contributed by atoms with Gasteiger partial charge in [-0.2, -0.15) is 5.10 Å². The van der Waals surface area contributed by atoms with Gasteiger partial charge in [0.05, 0.1) is 17.3 Å². The number of aromatic nitrogens is 2. The Kier molecular flexibility index (Phi) is 5.61. The average molecular weight is 428 g/mol. The molecule has 1 aliphatic rings. The molecule has 32 heavy (non-hydrogen) atoms. The van der Waals surface area contributed by atoms with Crippen LogP contribution in [0.5, 0.6) is 0 Å². The summed E-state index contributed by atoms with van der Waals surface area (Å²) >= 11 is 0. The third-order valence-corrected chi connectivity index (χ3v) is 5.69. The van der Waals surface area contributed by atoms with Crippen molar-refractivity contribution >= 4 is 23.3 Å². The standard InChI is InChI=1S/C26H25N3O3/c1-15(2)19-6-5-7-20(14-19)23-22(24(30)18-11-8-16(3)9-12-18)25(31)26(32)29(23)21-13-10-17(4)27-28-21/h5-15,23,30H,1-4H3. The van der Waals surface area contributed by atoms with Crippen molar-refractivity contribution in [2.24, 2.45) is 0 Å². The summed E-state index contributed by atoms with van der Waals surface area (Å²) < 4.78 is 0. The Hall–Kier alpha value is -3.80. The third-order valence-electron chi connectivity index (χ3n) is 5.69. The number of carbonyl (C=O) groups is 2. The van der Waals surface area contributed by atoms with E-state index in [1.165, 1.54) is 4.90 Å². The van der Waals surface area contributed by atoms with Gasteiger partial charge in [0.25, 0.3) is 5.78 Å². The predicted octanol–water partition coefficient (Wildman–Crippen LogP) is 4.84. The first-order valence-electron chi connectivity index (χ1n) is 10.6. The quantitative estimate of drug-likeness (QED) is 0.366. The first-order chi connectivity index (χ1) is 15.3. The molecule has 1 fully saturated rings. The Morgan fingerprint density at radius 1 is 0.969 bits per heavy atom. The average Bonchev–Trinajstić information content (AvgIpc) is 3.05. The number of hydrogen-bond acceptors (Lipinski definition) is 5. The van der Waals surface area contributed by atoms with Crippen LogP contribution in [0.25, 0.3) is 5.76 Å². The number of benzene rings is 2. The maximum Gasteiger partial charge on any atom is 0.301 e. The lowest BCUT2D eigenvalue weighted by Crippen LogP contribution is -2.30. The number of hydrogen-bond donors (Lipinski definition) is 1. The topological polar surface area (TPSA) is 83.4 Å². The van der Waals surface area contributed by atoms with Crippen molar-refractivity contribution in [3.05, 3.63) is 94.2 Å². The van der Waals surface area contributed by atoms with Crippen molar-refractivity contribution in [1.29, 1.82) is 0 Å². The van der Waals surface area contributed by atoms with Gasteiger partial charge in [-0.1, -0.05) is 67.9 Å². The molecule has 1 aromatic heterocycles. The molecule has 2 aromatic carbocycles. The van der Waals surface area contributed by atoms with Gasteiger partial charge in [0.2, 0.25) is 0 Å². The van der Waals surface area contributed by atoms with Crippen LogP contribution in [0.4, 0.5) is 5.82 Å². The number of aliphatic hydroxyl groups excluding tert-OH is 1. The second kappa shape index (κ2) is 8.38. The lowest BCUT2D eigenvalue weighted by molar-refractivity contribution is -0.132. The van der Waals surface area contributed by atoms with Crippen LogP contribution < -0.4 is 4.90 Å². The number of anilines is 1. The van der Waals surface area contributed by atoms with Crippen molar-refractivity contribution < 1.29 is 14.7 Å². The van der Waals surface area contributed by atoms with Crippen LogP contribution in [-0.2, 0) is 9.59 Å². The molecule has 0 spiro atoms. The zero-order chi connectivity index (χ0) is 23.0. The number of Topliss-reactive ketones (excluding diaryl/α,β-unsaturated/α-hetero) is 1. The first-order valence-corrected chi connectivity index (χ1v) is 10.6. The molecule has 1 unspecified atom stereocenters. The fourth-order valence-electron chi connectivity index (χ4n) is 3.86. The lowest BCUT2D eigenvalue weighted by atomic mass is 9.92. The Bertz CT molecular complexity index is 1210. The van der Waals surface area contributed by atoms with E-state index in [9.17, 15) is 14.7 Å². The zero-order valence-corrected chi connectivity index (χ0v) is 18.5. The molecule has 0 bridgehead atoms. The van der Waals surface area contributed by atoms with E-state index in [-0.39, 0.29) is 23.1 Å². The minimum Gasteiger partial charge on any atom is -0.507 e. The maximum atomic E-state index is 13.2. The smallest absolute Gasteiger partial charge is 0.301 e. The Morgan fingerprint density at radius 2 is 1.69 bits per heavy atom. The molecule has 1 saturated heterocycles. The highest BCUT2D eigenvalue weighted by atomic mass is 16.3. The van der Waals surface area contributed by atoms with Crippen molar-refractivity contribution in [1.82, 2.24) is 10.2 Å². The highest BCUT2D eigenvalue weighted by Crippen LogP contribution is 2.42. The summed E-state index contributed by atoms with van der Waals surface area (Å²) in [5.41, 5.74) is 4.04. The number of carbonyl (C=O) groups excluding carboxylic acids is 2. The number of aryl methyl sites for hydroxylation is 2. The summed E-state index contributed by atoms with van der Waals surface area (Å²) in [5.74, 6) is -1.16. The van der Waals surface area contributed by atoms with Gasteiger partial charge in [0.1, 0.15) is 5.76 Å². The minimum absolute atomic E-state index is 0.0436. The lowest BCUT2D eigenvalue weighted by Gasteiger charge is -2.25. The summed E-state index contributed by atoms with van der Waals surface area (Å²) in [5, 5.41) is 19.4. The van der Waals surface area contributed by atoms with Crippen LogP contribution in [0, 0.1) is 13.8 Å². The molecule has 1 atom stereocenters. The van der Waals surface area contributed by atoms with Gasteiger partial charge in [0.15, 0.2) is 5.82 Å². The van der Waals surface area contributed by atoms with Crippen LogP contribution in [0.1, 0.15) is 53.8 Å². The third kappa shape index (κ3) is 3.80. The first kappa shape index (κ1) is 21.4. The van der Waals surface area contributed by atoms with Crippen LogP contribution in [0.15, 0.2) is 66.2 Å². The van der Waals surface area contributed by atoms with Gasteiger partial charge in [-0.05, 0) is 43.0 Å². The van der Waals surface area contributed by atoms with Crippen molar-refractivity contribution in [3.8, 4) is 0 Å². The Balaban J connectivity index is 1.95. The van der Waals surface area contributed by atoms with E-state index in [1.54, 1.807) is 31.2 Å². The maximum absolute atomic E-state index is 13.2. The molecule has 3 aromatic rings. The predicted molar refractivity (Wildman–Crippen MR) is 123 cm³/mol. The van der Waals surface area contributed by atoms with Crippen LogP contribution >= 0.6 is 0 Å². The summed E-state index contributed by atoms with van der Waals surface area (Å²) in [6.45, 7) is 7.89. The van der Waals surface area contributed by atoms with Gasteiger partial charge in [-0.15, -0.1) is 5.10 Å². The summed E-state index contributed by atoms with van der Waals surface area (Å²) in [6.07, 6.45) is 0. The molecule has 0 radical (unpaired) electrons. The number of amides is 1. The Morgan fingerprint density at radius 3 is 2.31 bits per heavy atom. The number of rotatable bonds is 4. The molecule has 162 valence electrons. The van der Waals surface area contributed by atoms with Crippen LogP contribution in [-0.4, -0.2) is 27.0 Å². The van der Waals surface area contributed by atoms with Gasteiger partial charge in [0, 0.05) is 5.56 Å². The van der Waals surface area contributed by atoms with E-state index >= 15 is 0 Å². The van der Waals surface area contributed by atoms with E-state index < -0.39 is 17.7 Å². The van der Waals surface area contributed by atoms with Gasteiger partial charge in [-0.25, -0.2) is 0 Å². The summed E-state index contributed by atoms with van der Waals surface area (Å²) in [7, 11) is 0. The fraction of sp³-hybridized carbons (Fsp3) is 0.231. The van der Waals surface area contributed by atoms with E-state index in [1.807, 2.05) is 43.3 Å². The SMILES string of the molecule is Cc1ccc(C(O)=C2C(=O)C(=O)N(c3ccc(C)nn3)C2c2cccc(C(C)C)c2)cc1. The summed E-state index contributed by atoms with van der Waals surface area (Å²) in [6, 6.07) is 17.5. The van der Waals surface area contributed by atoms with Crippen molar-refractivity contribution in [3.63, 3.8) is 0 Å². The van der Waals surface area contributed by atoms with Crippen molar-refractivity contribution in [2.75, 3.05) is 4.90 Å². The molecule has 1 amide bonds. The Labute approximate surface area is 187 Å². The molecule has 1 N–H and O–H groups in total. The number of nitrogens with zero attached hydrogens (tertiary/aromatic N) is 3. The minimum atomic E-state index is -0.813. The molecular weight excluding hydrogens is 402 g/mol. The molecule has 1 aliphatic heterocycles. The summed E-state index contributed by atoms with van der Waals surface area (Å²) in [4.78, 5) is 27.7. The highest BCUT2D eigenvalue weighted by molar-refractivity contribution is 6.51. The molecule has 0 aliphatic carbocycles. The van der Waals surface area contributed by atoms with E-state index in [0.29, 0.717) is 11.3 Å². The second-order valence-electron chi connectivity index (χ2n) is 8.39. The highest BCUT2D eigenvalue weighted by Gasteiger charge is 2.47. The van der Waals surface area contributed by atoms with Gasteiger partial charge in [-0.3, -0.25) is 14.5 Å².